The van der Waals surface area contributed by atoms with E-state index in [1.165, 1.54) is 37.7 Å². The van der Waals surface area contributed by atoms with E-state index in [1.54, 1.807) is 0 Å². The van der Waals surface area contributed by atoms with E-state index in [-0.39, 0.29) is 0 Å². The molecule has 1 rings (SSSR count). The Morgan fingerprint density at radius 1 is 1.06 bits per heavy atom. The monoisotopic (exact) mass is 216 g/mol. The number of hydrogen-bond acceptors (Lipinski definition) is 0. The number of allylic oxidation sites excluding steroid dienone is 1. The largest absolute Gasteiger partial charge is 0.0839 e. The fourth-order valence-electron chi connectivity index (χ4n) is 2.00. The first-order chi connectivity index (χ1) is 7.86. The van der Waals surface area contributed by atoms with Crippen molar-refractivity contribution in [1.82, 2.24) is 0 Å². The fourth-order valence-corrected chi connectivity index (χ4v) is 2.00. The Morgan fingerprint density at radius 2 is 1.75 bits per heavy atom. The molecule has 16 heavy (non-hydrogen) atoms. The molecule has 0 N–H and O–H groups in total. The molecule has 0 heteroatoms. The SMILES string of the molecule is CCC(CC)CCCC=Cc1ccccc1. The van der Waals surface area contributed by atoms with Crippen LogP contribution in [0.3, 0.4) is 0 Å². The van der Waals surface area contributed by atoms with Gasteiger partial charge in [0.1, 0.15) is 0 Å². The quantitative estimate of drug-likeness (QED) is 0.542. The molecule has 0 spiro atoms. The summed E-state index contributed by atoms with van der Waals surface area (Å²) in [4.78, 5) is 0. The lowest BCUT2D eigenvalue weighted by Gasteiger charge is -2.10. The van der Waals surface area contributed by atoms with Crippen molar-refractivity contribution in [2.24, 2.45) is 5.92 Å². The second-order valence-electron chi connectivity index (χ2n) is 4.43. The summed E-state index contributed by atoms with van der Waals surface area (Å²) in [5, 5.41) is 0. The van der Waals surface area contributed by atoms with Crippen LogP contribution in [-0.2, 0) is 0 Å². The number of benzene rings is 1. The van der Waals surface area contributed by atoms with Crippen LogP contribution in [0.25, 0.3) is 6.08 Å². The Balaban J connectivity index is 2.18. The van der Waals surface area contributed by atoms with Crippen molar-refractivity contribution in [3.05, 3.63) is 42.0 Å². The third kappa shape index (κ3) is 5.16. The Labute approximate surface area is 100 Å². The average Bonchev–Trinajstić information content (AvgIpc) is 2.35. The maximum Gasteiger partial charge on any atom is -0.0260 e. The summed E-state index contributed by atoms with van der Waals surface area (Å²) in [6.45, 7) is 4.60. The van der Waals surface area contributed by atoms with Crippen molar-refractivity contribution in [2.45, 2.75) is 46.0 Å². The normalized spacial score (nSPS) is 11.4. The molecular formula is C16H24. The molecule has 88 valence electrons. The first-order valence-corrected chi connectivity index (χ1v) is 6.58. The first kappa shape index (κ1) is 13.0. The minimum Gasteiger partial charge on any atom is -0.0839 e. The zero-order valence-corrected chi connectivity index (χ0v) is 10.7. The maximum atomic E-state index is 2.30. The van der Waals surface area contributed by atoms with E-state index >= 15 is 0 Å². The predicted molar refractivity (Wildman–Crippen MR) is 73.4 cm³/mol. The van der Waals surface area contributed by atoms with Crippen molar-refractivity contribution in [3.8, 4) is 0 Å². The molecule has 0 aliphatic heterocycles. The zero-order valence-electron chi connectivity index (χ0n) is 10.7. The highest BCUT2D eigenvalue weighted by molar-refractivity contribution is 5.48. The molecule has 0 fully saturated rings. The van der Waals surface area contributed by atoms with Crippen LogP contribution in [0.15, 0.2) is 36.4 Å². The van der Waals surface area contributed by atoms with E-state index in [9.17, 15) is 0 Å². The van der Waals surface area contributed by atoms with Crippen LogP contribution in [0, 0.1) is 5.92 Å². The van der Waals surface area contributed by atoms with Gasteiger partial charge in [-0.1, -0.05) is 75.6 Å². The van der Waals surface area contributed by atoms with Gasteiger partial charge in [0, 0.05) is 0 Å². The molecule has 0 nitrogen and oxygen atoms in total. The summed E-state index contributed by atoms with van der Waals surface area (Å²) >= 11 is 0. The smallest absolute Gasteiger partial charge is 0.0260 e. The van der Waals surface area contributed by atoms with Gasteiger partial charge in [-0.2, -0.15) is 0 Å². The van der Waals surface area contributed by atoms with Crippen LogP contribution in [0.4, 0.5) is 0 Å². The van der Waals surface area contributed by atoms with Crippen LogP contribution in [0.1, 0.15) is 51.5 Å². The summed E-state index contributed by atoms with van der Waals surface area (Å²) in [6.07, 6.45) is 11.1. The molecule has 0 atom stereocenters. The van der Waals surface area contributed by atoms with Crippen LogP contribution in [0.2, 0.25) is 0 Å². The Bertz CT molecular complexity index is 280. The van der Waals surface area contributed by atoms with Crippen LogP contribution >= 0.6 is 0 Å². The van der Waals surface area contributed by atoms with Crippen molar-refractivity contribution < 1.29 is 0 Å². The van der Waals surface area contributed by atoms with E-state index in [1.807, 2.05) is 0 Å². The van der Waals surface area contributed by atoms with Gasteiger partial charge in [0.15, 0.2) is 0 Å². The summed E-state index contributed by atoms with van der Waals surface area (Å²) in [5.41, 5.74) is 1.31. The van der Waals surface area contributed by atoms with Crippen molar-refractivity contribution >= 4 is 6.08 Å². The molecule has 0 saturated heterocycles. The second-order valence-corrected chi connectivity index (χ2v) is 4.43. The van der Waals surface area contributed by atoms with Crippen LogP contribution < -0.4 is 0 Å². The molecule has 0 aliphatic carbocycles. The third-order valence-electron chi connectivity index (χ3n) is 3.25. The Hall–Kier alpha value is -1.04. The lowest BCUT2D eigenvalue weighted by molar-refractivity contribution is 0.443. The highest BCUT2D eigenvalue weighted by Crippen LogP contribution is 2.16. The number of hydrogen-bond donors (Lipinski definition) is 0. The number of rotatable bonds is 7. The summed E-state index contributed by atoms with van der Waals surface area (Å²) < 4.78 is 0. The van der Waals surface area contributed by atoms with Gasteiger partial charge in [0.2, 0.25) is 0 Å². The third-order valence-corrected chi connectivity index (χ3v) is 3.25. The Kier molecular flexibility index (Phi) is 6.64. The van der Waals surface area contributed by atoms with Gasteiger partial charge >= 0.3 is 0 Å². The van der Waals surface area contributed by atoms with Gasteiger partial charge in [-0.05, 0) is 24.3 Å². The maximum absolute atomic E-state index is 2.30. The number of unbranched alkanes of at least 4 members (excludes halogenated alkanes) is 1. The lowest BCUT2D eigenvalue weighted by Crippen LogP contribution is -1.95. The lowest BCUT2D eigenvalue weighted by atomic mass is 9.96. The molecule has 0 unspecified atom stereocenters. The van der Waals surface area contributed by atoms with Gasteiger partial charge in [-0.3, -0.25) is 0 Å². The molecule has 0 aliphatic rings. The van der Waals surface area contributed by atoms with E-state index < -0.39 is 0 Å². The van der Waals surface area contributed by atoms with E-state index in [2.05, 4.69) is 56.3 Å². The van der Waals surface area contributed by atoms with Gasteiger partial charge < -0.3 is 0 Å². The van der Waals surface area contributed by atoms with E-state index in [0.29, 0.717) is 0 Å². The predicted octanol–water partition coefficient (Wildman–Crippen LogP) is 5.31. The molecule has 0 saturated carbocycles. The van der Waals surface area contributed by atoms with Gasteiger partial charge in [-0.15, -0.1) is 0 Å². The van der Waals surface area contributed by atoms with E-state index in [4.69, 9.17) is 0 Å². The standard InChI is InChI=1S/C16H24/c1-3-15(4-2)11-7-5-8-12-16-13-9-6-10-14-16/h6,8-10,12-15H,3-5,7,11H2,1-2H3. The second kappa shape index (κ2) is 8.15. The highest BCUT2D eigenvalue weighted by Gasteiger charge is 2.00. The van der Waals surface area contributed by atoms with E-state index in [0.717, 1.165) is 5.92 Å². The molecule has 0 amide bonds. The van der Waals surface area contributed by atoms with Crippen molar-refractivity contribution in [2.75, 3.05) is 0 Å². The topological polar surface area (TPSA) is 0 Å². The molecule has 1 aromatic rings. The summed E-state index contributed by atoms with van der Waals surface area (Å²) in [7, 11) is 0. The minimum absolute atomic E-state index is 0.935. The fraction of sp³-hybridized carbons (Fsp3) is 0.500. The zero-order chi connectivity index (χ0) is 11.6. The molecule has 0 heterocycles. The Morgan fingerprint density at radius 3 is 2.38 bits per heavy atom. The highest BCUT2D eigenvalue weighted by atomic mass is 14.1. The summed E-state index contributed by atoms with van der Waals surface area (Å²) in [6, 6.07) is 10.5. The van der Waals surface area contributed by atoms with Gasteiger partial charge in [0.25, 0.3) is 0 Å². The molecular weight excluding hydrogens is 192 g/mol. The van der Waals surface area contributed by atoms with Gasteiger partial charge in [0.05, 0.1) is 0 Å². The average molecular weight is 216 g/mol. The molecule has 0 aromatic heterocycles. The van der Waals surface area contributed by atoms with Crippen molar-refractivity contribution in [1.29, 1.82) is 0 Å². The first-order valence-electron chi connectivity index (χ1n) is 6.58. The van der Waals surface area contributed by atoms with Crippen molar-refractivity contribution in [3.63, 3.8) is 0 Å². The van der Waals surface area contributed by atoms with Crippen LogP contribution in [0.5, 0.6) is 0 Å². The minimum atomic E-state index is 0.935. The molecule has 0 bridgehead atoms. The van der Waals surface area contributed by atoms with Gasteiger partial charge in [-0.25, -0.2) is 0 Å². The summed E-state index contributed by atoms with van der Waals surface area (Å²) in [5.74, 6) is 0.935. The van der Waals surface area contributed by atoms with Crippen LogP contribution in [-0.4, -0.2) is 0 Å². The molecule has 0 radical (unpaired) electrons. The molecule has 1 aromatic carbocycles.